The van der Waals surface area contributed by atoms with Crippen LogP contribution in [0.1, 0.15) is 6.42 Å². The summed E-state index contributed by atoms with van der Waals surface area (Å²) in [5.74, 6) is 0. The number of hydrogen-bond donors (Lipinski definition) is 0. The molecule has 4 nitrogen and oxygen atoms in total. The average Bonchev–Trinajstić information content (AvgIpc) is 2.00. The highest BCUT2D eigenvalue weighted by atomic mass is 17.2. The van der Waals surface area contributed by atoms with Gasteiger partial charge in [-0.2, -0.15) is 15.1 Å². The van der Waals surface area contributed by atoms with Gasteiger partial charge in [-0.05, 0) is 6.42 Å². The lowest BCUT2D eigenvalue weighted by Gasteiger charge is -1.94. The van der Waals surface area contributed by atoms with Gasteiger partial charge in [0.2, 0.25) is 0 Å². The van der Waals surface area contributed by atoms with Crippen molar-refractivity contribution < 1.29 is 9.78 Å². The SMILES string of the molecule is C1=COOCCCN=N1. The van der Waals surface area contributed by atoms with E-state index in [4.69, 9.17) is 0 Å². The lowest BCUT2D eigenvalue weighted by Crippen LogP contribution is -1.92. The Morgan fingerprint density at radius 3 is 3.44 bits per heavy atom. The normalized spacial score (nSPS) is 19.6. The first-order valence-corrected chi connectivity index (χ1v) is 2.80. The highest BCUT2D eigenvalue weighted by Gasteiger charge is 1.87. The van der Waals surface area contributed by atoms with Gasteiger partial charge in [-0.1, -0.05) is 0 Å². The van der Waals surface area contributed by atoms with Crippen LogP contribution in [-0.2, 0) is 9.78 Å². The molecule has 0 aromatic carbocycles. The van der Waals surface area contributed by atoms with E-state index in [1.54, 1.807) is 0 Å². The van der Waals surface area contributed by atoms with E-state index in [1.807, 2.05) is 0 Å². The molecule has 9 heavy (non-hydrogen) atoms. The topological polar surface area (TPSA) is 43.2 Å². The van der Waals surface area contributed by atoms with Gasteiger partial charge in [0, 0.05) is 0 Å². The summed E-state index contributed by atoms with van der Waals surface area (Å²) in [6.45, 7) is 1.27. The van der Waals surface area contributed by atoms with Crippen LogP contribution in [0.5, 0.6) is 0 Å². The lowest BCUT2D eigenvalue weighted by molar-refractivity contribution is -0.248. The van der Waals surface area contributed by atoms with Crippen molar-refractivity contribution in [3.63, 3.8) is 0 Å². The second-order valence-electron chi connectivity index (χ2n) is 1.54. The molecule has 4 heteroatoms. The molecular formula is C5H8N2O2. The van der Waals surface area contributed by atoms with E-state index in [9.17, 15) is 0 Å². The van der Waals surface area contributed by atoms with Crippen molar-refractivity contribution >= 4 is 0 Å². The molecule has 0 N–H and O–H groups in total. The Morgan fingerprint density at radius 1 is 1.44 bits per heavy atom. The Morgan fingerprint density at radius 2 is 2.44 bits per heavy atom. The molecule has 0 aromatic rings. The summed E-state index contributed by atoms with van der Waals surface area (Å²) in [6.07, 6.45) is 3.66. The second-order valence-corrected chi connectivity index (χ2v) is 1.54. The highest BCUT2D eigenvalue weighted by molar-refractivity contribution is 4.66. The first kappa shape index (κ1) is 6.22. The molecule has 0 saturated heterocycles. The maximum Gasteiger partial charge on any atom is 0.149 e. The number of azo groups is 1. The molecule has 1 aliphatic rings. The fourth-order valence-electron chi connectivity index (χ4n) is 0.439. The molecular weight excluding hydrogens is 120 g/mol. The molecule has 0 aliphatic carbocycles. The maximum atomic E-state index is 4.65. The zero-order valence-electron chi connectivity index (χ0n) is 4.99. The van der Waals surface area contributed by atoms with Crippen molar-refractivity contribution in [3.8, 4) is 0 Å². The van der Waals surface area contributed by atoms with E-state index < -0.39 is 0 Å². The van der Waals surface area contributed by atoms with E-state index in [1.165, 1.54) is 12.5 Å². The number of rotatable bonds is 0. The molecule has 0 fully saturated rings. The average molecular weight is 128 g/mol. The lowest BCUT2D eigenvalue weighted by atomic mass is 10.5. The minimum atomic E-state index is 0.573. The smallest absolute Gasteiger partial charge is 0.149 e. The standard InChI is InChI=1S/C5H8N2O2/c1-2-6-7-3-5-9-8-4-1/h3,5H,1-2,4H2. The molecule has 0 bridgehead atoms. The van der Waals surface area contributed by atoms with E-state index in [0.29, 0.717) is 13.2 Å². The minimum absolute atomic E-state index is 0.573. The molecule has 0 radical (unpaired) electrons. The van der Waals surface area contributed by atoms with Crippen LogP contribution in [0.3, 0.4) is 0 Å². The third-order valence-electron chi connectivity index (χ3n) is 0.819. The van der Waals surface area contributed by atoms with Crippen LogP contribution in [-0.4, -0.2) is 13.2 Å². The molecule has 0 unspecified atom stereocenters. The van der Waals surface area contributed by atoms with Gasteiger partial charge in [-0.15, -0.1) is 0 Å². The van der Waals surface area contributed by atoms with Crippen LogP contribution in [0.2, 0.25) is 0 Å². The Bertz CT molecular complexity index is 108. The van der Waals surface area contributed by atoms with Crippen LogP contribution in [0.15, 0.2) is 22.7 Å². The predicted octanol–water partition coefficient (Wildman–Crippen LogP) is 1.26. The molecule has 0 atom stereocenters. The molecule has 0 aromatic heterocycles. The summed E-state index contributed by atoms with van der Waals surface area (Å²) in [5, 5.41) is 7.40. The number of hydrogen-bond acceptors (Lipinski definition) is 4. The summed E-state index contributed by atoms with van der Waals surface area (Å²) in [7, 11) is 0. The van der Waals surface area contributed by atoms with Crippen LogP contribution < -0.4 is 0 Å². The van der Waals surface area contributed by atoms with Gasteiger partial charge < -0.3 is 4.89 Å². The van der Waals surface area contributed by atoms with Crippen LogP contribution in [0, 0.1) is 0 Å². The Hall–Kier alpha value is -0.900. The van der Waals surface area contributed by atoms with Crippen molar-refractivity contribution in [2.45, 2.75) is 6.42 Å². The van der Waals surface area contributed by atoms with Crippen LogP contribution in [0.4, 0.5) is 0 Å². The van der Waals surface area contributed by atoms with Gasteiger partial charge >= 0.3 is 0 Å². The molecule has 0 saturated carbocycles. The summed E-state index contributed by atoms with van der Waals surface area (Å²) in [6, 6.07) is 0. The molecule has 1 aliphatic heterocycles. The molecule has 0 spiro atoms. The first-order valence-electron chi connectivity index (χ1n) is 2.80. The predicted molar refractivity (Wildman–Crippen MR) is 30.5 cm³/mol. The largest absolute Gasteiger partial charge is 0.344 e. The third-order valence-corrected chi connectivity index (χ3v) is 0.819. The van der Waals surface area contributed by atoms with Crippen molar-refractivity contribution in [1.29, 1.82) is 0 Å². The minimum Gasteiger partial charge on any atom is -0.344 e. The van der Waals surface area contributed by atoms with Crippen molar-refractivity contribution in [3.05, 3.63) is 12.5 Å². The Balaban J connectivity index is 2.28. The van der Waals surface area contributed by atoms with Gasteiger partial charge in [0.05, 0.1) is 19.4 Å². The quantitative estimate of drug-likeness (QED) is 0.461. The van der Waals surface area contributed by atoms with Gasteiger partial charge in [0.25, 0.3) is 0 Å². The van der Waals surface area contributed by atoms with Gasteiger partial charge in [-0.25, -0.2) is 0 Å². The zero-order valence-corrected chi connectivity index (χ0v) is 4.99. The Labute approximate surface area is 53.1 Å². The van der Waals surface area contributed by atoms with E-state index in [2.05, 4.69) is 20.0 Å². The highest BCUT2D eigenvalue weighted by Crippen LogP contribution is 1.91. The fraction of sp³-hybridized carbons (Fsp3) is 0.600. The van der Waals surface area contributed by atoms with Gasteiger partial charge in [0.1, 0.15) is 6.26 Å². The first-order chi connectivity index (χ1) is 4.50. The van der Waals surface area contributed by atoms with E-state index in [-0.39, 0.29) is 0 Å². The summed E-state index contributed by atoms with van der Waals surface area (Å²) < 4.78 is 0. The fourth-order valence-corrected chi connectivity index (χ4v) is 0.439. The van der Waals surface area contributed by atoms with Gasteiger partial charge in [0.15, 0.2) is 0 Å². The maximum absolute atomic E-state index is 4.65. The molecule has 0 amide bonds. The van der Waals surface area contributed by atoms with E-state index >= 15 is 0 Å². The Kier molecular flexibility index (Phi) is 2.78. The van der Waals surface area contributed by atoms with Gasteiger partial charge in [-0.3, -0.25) is 0 Å². The summed E-state index contributed by atoms with van der Waals surface area (Å²) >= 11 is 0. The monoisotopic (exact) mass is 128 g/mol. The van der Waals surface area contributed by atoms with Crippen molar-refractivity contribution in [2.24, 2.45) is 10.2 Å². The van der Waals surface area contributed by atoms with E-state index in [0.717, 1.165) is 6.42 Å². The van der Waals surface area contributed by atoms with Crippen LogP contribution >= 0.6 is 0 Å². The van der Waals surface area contributed by atoms with Crippen LogP contribution in [0.25, 0.3) is 0 Å². The molecule has 50 valence electrons. The second kappa shape index (κ2) is 4.03. The summed E-state index contributed by atoms with van der Waals surface area (Å²) in [4.78, 5) is 9.17. The van der Waals surface area contributed by atoms with Crippen molar-refractivity contribution in [1.82, 2.24) is 0 Å². The molecule has 1 rings (SSSR count). The van der Waals surface area contributed by atoms with Crippen molar-refractivity contribution in [2.75, 3.05) is 13.2 Å². The molecule has 1 heterocycles. The summed E-state index contributed by atoms with van der Waals surface area (Å²) in [5.41, 5.74) is 0. The third kappa shape index (κ3) is 2.81. The zero-order chi connectivity index (χ0) is 6.36. The number of nitrogens with zero attached hydrogens (tertiary/aromatic N) is 2.